The van der Waals surface area contributed by atoms with Gasteiger partial charge in [0.25, 0.3) is 0 Å². The van der Waals surface area contributed by atoms with Gasteiger partial charge in [0.05, 0.1) is 30.4 Å². The third-order valence-electron chi connectivity index (χ3n) is 4.56. The molecule has 0 aliphatic carbocycles. The lowest BCUT2D eigenvalue weighted by molar-refractivity contribution is 0.115. The van der Waals surface area contributed by atoms with Crippen LogP contribution in [0, 0.1) is 11.3 Å². The summed E-state index contributed by atoms with van der Waals surface area (Å²) in [6.45, 7) is -0.503. The monoisotopic (exact) mass is 363 g/mol. The van der Waals surface area contributed by atoms with Crippen molar-refractivity contribution in [1.29, 1.82) is 5.26 Å². The first-order valence-electron chi connectivity index (χ1n) is 8.63. The van der Waals surface area contributed by atoms with E-state index in [2.05, 4.69) is 11.1 Å². The fourth-order valence-corrected chi connectivity index (χ4v) is 2.67. The Bertz CT molecular complexity index is 921. The van der Waals surface area contributed by atoms with E-state index < -0.39 is 5.54 Å². The summed E-state index contributed by atoms with van der Waals surface area (Å²) in [6, 6.07) is 17.0. The number of hydrogen-bond donors (Lipinski definition) is 3. The average Bonchev–Trinajstić information content (AvgIpc) is 3.22. The molecule has 27 heavy (non-hydrogen) atoms. The Morgan fingerprint density at radius 2 is 1.63 bits per heavy atom. The van der Waals surface area contributed by atoms with Crippen LogP contribution in [0.15, 0.2) is 59.2 Å². The molecule has 0 spiro atoms. The van der Waals surface area contributed by atoms with Crippen LogP contribution in [0.25, 0.3) is 22.7 Å². The van der Waals surface area contributed by atoms with E-state index in [4.69, 9.17) is 15.4 Å². The maximum absolute atomic E-state index is 9.26. The largest absolute Gasteiger partial charge is 0.444 e. The number of nitrogens with two attached hydrogens (primary N) is 1. The number of aliphatic hydroxyl groups is 2. The van der Waals surface area contributed by atoms with Gasteiger partial charge in [-0.2, -0.15) is 5.26 Å². The molecule has 2 aromatic carbocycles. The van der Waals surface area contributed by atoms with Crippen LogP contribution in [0.2, 0.25) is 0 Å². The van der Waals surface area contributed by atoms with Gasteiger partial charge in [0, 0.05) is 11.1 Å². The molecule has 0 atom stereocenters. The quantitative estimate of drug-likeness (QED) is 0.594. The number of rotatable bonds is 7. The number of hydrogen-bond acceptors (Lipinski definition) is 6. The van der Waals surface area contributed by atoms with Gasteiger partial charge in [-0.25, -0.2) is 4.98 Å². The fourth-order valence-electron chi connectivity index (χ4n) is 2.67. The first-order valence-corrected chi connectivity index (χ1v) is 8.63. The average molecular weight is 363 g/mol. The molecule has 0 amide bonds. The second kappa shape index (κ2) is 8.14. The minimum absolute atomic E-state index is 0.251. The van der Waals surface area contributed by atoms with Gasteiger partial charge in [0.15, 0.2) is 0 Å². The van der Waals surface area contributed by atoms with Crippen LogP contribution in [0.4, 0.5) is 0 Å². The molecule has 0 saturated carbocycles. The molecule has 138 valence electrons. The second-order valence-electron chi connectivity index (χ2n) is 6.60. The molecule has 0 aliphatic heterocycles. The number of benzene rings is 2. The highest BCUT2D eigenvalue weighted by molar-refractivity contribution is 5.63. The smallest absolute Gasteiger partial charge is 0.226 e. The van der Waals surface area contributed by atoms with E-state index in [1.807, 2.05) is 24.3 Å². The van der Waals surface area contributed by atoms with Crippen molar-refractivity contribution in [3.8, 4) is 28.8 Å². The van der Waals surface area contributed by atoms with Crippen molar-refractivity contribution in [1.82, 2.24) is 4.98 Å². The molecule has 4 N–H and O–H groups in total. The van der Waals surface area contributed by atoms with Gasteiger partial charge in [-0.05, 0) is 42.7 Å². The highest BCUT2D eigenvalue weighted by Gasteiger charge is 2.22. The molecular formula is C21H21N3O3. The molecular weight excluding hydrogens is 342 g/mol. The Hall–Kier alpha value is -2.98. The SMILES string of the molecule is N#Cc1ccc(-c2nc(-c3ccc(CCC(N)(CO)CO)cc3)co2)cc1. The number of aromatic nitrogens is 1. The van der Waals surface area contributed by atoms with Crippen LogP contribution in [-0.4, -0.2) is 33.9 Å². The van der Waals surface area contributed by atoms with Crippen LogP contribution in [-0.2, 0) is 6.42 Å². The standard InChI is InChI=1S/C21H21N3O3/c22-11-16-3-7-18(8-4-16)20-24-19(12-27-20)17-5-1-15(2-6-17)9-10-21(23,13-25)14-26/h1-8,12,25-26H,9-10,13-14,23H2. The molecule has 1 aromatic heterocycles. The molecule has 0 aliphatic rings. The van der Waals surface area contributed by atoms with Crippen molar-refractivity contribution in [3.63, 3.8) is 0 Å². The summed E-state index contributed by atoms with van der Waals surface area (Å²) in [7, 11) is 0. The summed E-state index contributed by atoms with van der Waals surface area (Å²) in [5.74, 6) is 0.498. The third kappa shape index (κ3) is 4.41. The summed E-state index contributed by atoms with van der Waals surface area (Å²) in [6.07, 6.45) is 2.75. The highest BCUT2D eigenvalue weighted by atomic mass is 16.3. The Morgan fingerprint density at radius 1 is 1.00 bits per heavy atom. The normalized spacial score (nSPS) is 11.3. The Labute approximate surface area is 157 Å². The van der Waals surface area contributed by atoms with Gasteiger partial charge in [-0.3, -0.25) is 0 Å². The lowest BCUT2D eigenvalue weighted by atomic mass is 9.93. The van der Waals surface area contributed by atoms with Gasteiger partial charge in [-0.15, -0.1) is 0 Å². The van der Waals surface area contributed by atoms with Crippen LogP contribution < -0.4 is 5.73 Å². The van der Waals surface area contributed by atoms with Gasteiger partial charge in [0.2, 0.25) is 5.89 Å². The first kappa shape index (κ1) is 18.8. The number of aliphatic hydroxyl groups excluding tert-OH is 2. The Balaban J connectivity index is 1.70. The van der Waals surface area contributed by atoms with Crippen molar-refractivity contribution < 1.29 is 14.6 Å². The lowest BCUT2D eigenvalue weighted by Crippen LogP contribution is -2.47. The molecule has 0 saturated heterocycles. The van der Waals surface area contributed by atoms with E-state index in [0.717, 1.165) is 22.4 Å². The van der Waals surface area contributed by atoms with Gasteiger partial charge in [-0.1, -0.05) is 24.3 Å². The van der Waals surface area contributed by atoms with E-state index in [1.54, 1.807) is 30.5 Å². The predicted octanol–water partition coefficient (Wildman–Crippen LogP) is 2.49. The van der Waals surface area contributed by atoms with E-state index in [-0.39, 0.29) is 13.2 Å². The van der Waals surface area contributed by atoms with Crippen molar-refractivity contribution in [2.24, 2.45) is 5.73 Å². The third-order valence-corrected chi connectivity index (χ3v) is 4.56. The van der Waals surface area contributed by atoms with Crippen LogP contribution in [0.5, 0.6) is 0 Å². The zero-order valence-electron chi connectivity index (χ0n) is 14.8. The van der Waals surface area contributed by atoms with Gasteiger partial charge >= 0.3 is 0 Å². The maximum atomic E-state index is 9.26. The molecule has 1 heterocycles. The van der Waals surface area contributed by atoms with E-state index in [1.165, 1.54) is 0 Å². The first-order chi connectivity index (χ1) is 13.1. The van der Waals surface area contributed by atoms with Gasteiger partial charge in [0.1, 0.15) is 12.0 Å². The van der Waals surface area contributed by atoms with Crippen LogP contribution in [0.1, 0.15) is 17.5 Å². The fraction of sp³-hybridized carbons (Fsp3) is 0.238. The molecule has 0 radical (unpaired) electrons. The minimum Gasteiger partial charge on any atom is -0.444 e. The molecule has 3 aromatic rings. The summed E-state index contributed by atoms with van der Waals surface area (Å²) >= 11 is 0. The Kier molecular flexibility index (Phi) is 5.67. The van der Waals surface area contributed by atoms with E-state index >= 15 is 0 Å². The minimum atomic E-state index is -0.958. The van der Waals surface area contributed by atoms with Gasteiger partial charge < -0.3 is 20.4 Å². The van der Waals surface area contributed by atoms with Crippen LogP contribution >= 0.6 is 0 Å². The molecule has 6 heteroatoms. The Morgan fingerprint density at radius 3 is 2.22 bits per heavy atom. The lowest BCUT2D eigenvalue weighted by Gasteiger charge is -2.24. The molecule has 0 unspecified atom stereocenters. The molecule has 0 bridgehead atoms. The van der Waals surface area contributed by atoms with Crippen molar-refractivity contribution in [2.45, 2.75) is 18.4 Å². The summed E-state index contributed by atoms with van der Waals surface area (Å²) in [4.78, 5) is 4.51. The number of nitrogens with zero attached hydrogens (tertiary/aromatic N) is 2. The molecule has 3 rings (SSSR count). The van der Waals surface area contributed by atoms with Crippen molar-refractivity contribution in [2.75, 3.05) is 13.2 Å². The summed E-state index contributed by atoms with van der Waals surface area (Å²) < 4.78 is 5.56. The highest BCUT2D eigenvalue weighted by Crippen LogP contribution is 2.25. The zero-order chi connectivity index (χ0) is 19.3. The van der Waals surface area contributed by atoms with Crippen molar-refractivity contribution >= 4 is 0 Å². The maximum Gasteiger partial charge on any atom is 0.226 e. The van der Waals surface area contributed by atoms with E-state index in [9.17, 15) is 10.2 Å². The topological polar surface area (TPSA) is 116 Å². The van der Waals surface area contributed by atoms with Crippen molar-refractivity contribution in [3.05, 3.63) is 65.9 Å². The molecule has 6 nitrogen and oxygen atoms in total. The van der Waals surface area contributed by atoms with Crippen LogP contribution in [0.3, 0.4) is 0 Å². The predicted molar refractivity (Wildman–Crippen MR) is 102 cm³/mol. The summed E-state index contributed by atoms with van der Waals surface area (Å²) in [5, 5.41) is 27.4. The number of nitriles is 1. The zero-order valence-corrected chi connectivity index (χ0v) is 14.8. The number of aryl methyl sites for hydroxylation is 1. The second-order valence-corrected chi connectivity index (χ2v) is 6.60. The summed E-state index contributed by atoms with van der Waals surface area (Å²) in [5.41, 5.74) is 9.05. The molecule has 0 fully saturated rings. The number of oxazole rings is 1. The van der Waals surface area contributed by atoms with E-state index in [0.29, 0.717) is 24.3 Å².